The Hall–Kier alpha value is -0.340. The molecule has 1 heterocycles. The Labute approximate surface area is 92.6 Å². The number of allylic oxidation sites excluding steroid dienone is 1. The van der Waals surface area contributed by atoms with Gasteiger partial charge in [-0.15, -0.1) is 0 Å². The average Bonchev–Trinajstić information content (AvgIpc) is 2.50. The van der Waals surface area contributed by atoms with Crippen LogP contribution in [-0.4, -0.2) is 19.0 Å². The van der Waals surface area contributed by atoms with Crippen LogP contribution >= 0.6 is 0 Å². The van der Waals surface area contributed by atoms with Crippen LogP contribution in [0.5, 0.6) is 0 Å². The van der Waals surface area contributed by atoms with Crippen LogP contribution in [0.2, 0.25) is 0 Å². The van der Waals surface area contributed by atoms with E-state index in [1.165, 1.54) is 5.57 Å². The van der Waals surface area contributed by atoms with Crippen molar-refractivity contribution in [1.82, 2.24) is 0 Å². The van der Waals surface area contributed by atoms with Crippen LogP contribution in [0.1, 0.15) is 47.0 Å². The topological polar surface area (TPSA) is 18.5 Å². The van der Waals surface area contributed by atoms with Crippen LogP contribution in [0.3, 0.4) is 0 Å². The number of hydrogen-bond acceptors (Lipinski definition) is 2. The Kier molecular flexibility index (Phi) is 2.68. The van der Waals surface area contributed by atoms with E-state index in [-0.39, 0.29) is 11.2 Å². The summed E-state index contributed by atoms with van der Waals surface area (Å²) >= 11 is 0. The third-order valence-corrected chi connectivity index (χ3v) is 3.74. The Bertz CT molecular complexity index is 283. The van der Waals surface area contributed by atoms with Gasteiger partial charge in [0.25, 0.3) is 0 Å². The lowest BCUT2D eigenvalue weighted by Crippen LogP contribution is -2.41. The number of ether oxygens (including phenoxy) is 2. The zero-order valence-electron chi connectivity index (χ0n) is 10.4. The molecule has 2 nitrogen and oxygen atoms in total. The summed E-state index contributed by atoms with van der Waals surface area (Å²) < 4.78 is 11.6. The van der Waals surface area contributed by atoms with Crippen LogP contribution in [0.25, 0.3) is 0 Å². The van der Waals surface area contributed by atoms with Crippen molar-refractivity contribution in [3.63, 3.8) is 0 Å². The predicted octanol–water partition coefficient (Wildman–Crippen LogP) is 3.28. The predicted molar refractivity (Wildman–Crippen MR) is 60.6 cm³/mol. The fourth-order valence-corrected chi connectivity index (χ4v) is 3.41. The summed E-state index contributed by atoms with van der Waals surface area (Å²) in [5.74, 6) is -0.299. The van der Waals surface area contributed by atoms with Gasteiger partial charge in [0.1, 0.15) is 0 Å². The maximum atomic E-state index is 5.82. The van der Waals surface area contributed by atoms with E-state index in [4.69, 9.17) is 9.47 Å². The lowest BCUT2D eigenvalue weighted by atomic mass is 9.69. The molecule has 0 bridgehead atoms. The second-order valence-corrected chi connectivity index (χ2v) is 5.46. The van der Waals surface area contributed by atoms with Gasteiger partial charge in [-0.3, -0.25) is 0 Å². The van der Waals surface area contributed by atoms with E-state index in [0.29, 0.717) is 0 Å². The molecule has 2 rings (SSSR count). The zero-order chi connectivity index (χ0) is 11.1. The molecule has 0 aromatic carbocycles. The summed E-state index contributed by atoms with van der Waals surface area (Å²) in [5.41, 5.74) is 3.28. The molecule has 1 aliphatic carbocycles. The molecule has 0 unspecified atom stereocenters. The second-order valence-electron chi connectivity index (χ2n) is 5.46. The van der Waals surface area contributed by atoms with E-state index in [1.807, 2.05) is 0 Å². The van der Waals surface area contributed by atoms with Gasteiger partial charge >= 0.3 is 0 Å². The van der Waals surface area contributed by atoms with Gasteiger partial charge in [-0.25, -0.2) is 0 Å². The molecule has 0 aromatic rings. The smallest absolute Gasteiger partial charge is 0.172 e. The monoisotopic (exact) mass is 210 g/mol. The third kappa shape index (κ3) is 1.85. The van der Waals surface area contributed by atoms with Crippen LogP contribution in [0.15, 0.2) is 11.1 Å². The van der Waals surface area contributed by atoms with Crippen molar-refractivity contribution >= 4 is 0 Å². The summed E-state index contributed by atoms with van der Waals surface area (Å²) in [7, 11) is 0. The third-order valence-electron chi connectivity index (χ3n) is 3.74. The summed E-state index contributed by atoms with van der Waals surface area (Å²) in [5, 5.41) is 0. The van der Waals surface area contributed by atoms with Crippen molar-refractivity contribution in [2.75, 3.05) is 13.2 Å². The first-order chi connectivity index (χ1) is 6.99. The Morgan fingerprint density at radius 2 is 1.80 bits per heavy atom. The standard InChI is InChI=1S/C13H22O2/c1-5-11-10(2)8-13(9-12(11,3)4)14-6-7-15-13/h5-9H2,1-4H3. The summed E-state index contributed by atoms with van der Waals surface area (Å²) in [6, 6.07) is 0. The number of rotatable bonds is 1. The fraction of sp³-hybridized carbons (Fsp3) is 0.846. The van der Waals surface area contributed by atoms with Gasteiger partial charge in [-0.2, -0.15) is 0 Å². The molecule has 0 amide bonds. The highest BCUT2D eigenvalue weighted by Crippen LogP contribution is 2.49. The summed E-state index contributed by atoms with van der Waals surface area (Å²) in [4.78, 5) is 0. The average molecular weight is 210 g/mol. The van der Waals surface area contributed by atoms with Crippen molar-refractivity contribution < 1.29 is 9.47 Å². The van der Waals surface area contributed by atoms with Gasteiger partial charge in [0.15, 0.2) is 5.79 Å². The van der Waals surface area contributed by atoms with Crippen LogP contribution in [0, 0.1) is 5.41 Å². The van der Waals surface area contributed by atoms with Gasteiger partial charge < -0.3 is 9.47 Å². The quantitative estimate of drug-likeness (QED) is 0.618. The van der Waals surface area contributed by atoms with Crippen molar-refractivity contribution in [2.24, 2.45) is 5.41 Å². The highest BCUT2D eigenvalue weighted by Gasteiger charge is 2.46. The molecular weight excluding hydrogens is 188 g/mol. The van der Waals surface area contributed by atoms with Gasteiger partial charge in [0.2, 0.25) is 0 Å². The zero-order valence-corrected chi connectivity index (χ0v) is 10.4. The van der Waals surface area contributed by atoms with E-state index < -0.39 is 0 Å². The number of hydrogen-bond donors (Lipinski definition) is 0. The van der Waals surface area contributed by atoms with Gasteiger partial charge in [-0.1, -0.05) is 31.9 Å². The maximum Gasteiger partial charge on any atom is 0.172 e. The first kappa shape index (κ1) is 11.2. The van der Waals surface area contributed by atoms with Gasteiger partial charge in [-0.05, 0) is 18.8 Å². The molecule has 1 fully saturated rings. The van der Waals surface area contributed by atoms with E-state index in [0.717, 1.165) is 32.5 Å². The lowest BCUT2D eigenvalue weighted by Gasteiger charge is -2.43. The minimum atomic E-state index is -0.299. The van der Waals surface area contributed by atoms with E-state index >= 15 is 0 Å². The molecule has 1 spiro atoms. The molecular formula is C13H22O2. The molecule has 0 saturated carbocycles. The highest BCUT2D eigenvalue weighted by atomic mass is 16.7. The molecule has 0 aromatic heterocycles. The van der Waals surface area contributed by atoms with Crippen molar-refractivity contribution in [2.45, 2.75) is 52.7 Å². The van der Waals surface area contributed by atoms with E-state index in [2.05, 4.69) is 27.7 Å². The molecule has 0 atom stereocenters. The molecule has 15 heavy (non-hydrogen) atoms. The molecule has 2 heteroatoms. The molecule has 1 saturated heterocycles. The fourth-order valence-electron chi connectivity index (χ4n) is 3.41. The molecule has 1 aliphatic heterocycles. The molecule has 86 valence electrons. The summed E-state index contributed by atoms with van der Waals surface area (Å²) in [6.45, 7) is 10.6. The molecule has 2 aliphatic rings. The minimum Gasteiger partial charge on any atom is -0.347 e. The van der Waals surface area contributed by atoms with Crippen LogP contribution < -0.4 is 0 Å². The Balaban J connectivity index is 2.31. The maximum absolute atomic E-state index is 5.82. The van der Waals surface area contributed by atoms with E-state index in [9.17, 15) is 0 Å². The SMILES string of the molecule is CCC1=C(C)CC2(CC1(C)C)OCCO2. The lowest BCUT2D eigenvalue weighted by molar-refractivity contribution is -0.179. The van der Waals surface area contributed by atoms with Crippen molar-refractivity contribution in [3.8, 4) is 0 Å². The Morgan fingerprint density at radius 3 is 2.27 bits per heavy atom. The second kappa shape index (κ2) is 3.60. The van der Waals surface area contributed by atoms with Crippen LogP contribution in [0.4, 0.5) is 0 Å². The minimum absolute atomic E-state index is 0.224. The van der Waals surface area contributed by atoms with Crippen molar-refractivity contribution in [3.05, 3.63) is 11.1 Å². The molecule has 0 radical (unpaired) electrons. The largest absolute Gasteiger partial charge is 0.347 e. The normalized spacial score (nSPS) is 28.8. The summed E-state index contributed by atoms with van der Waals surface area (Å²) in [6.07, 6.45) is 3.11. The van der Waals surface area contributed by atoms with Crippen LogP contribution in [-0.2, 0) is 9.47 Å². The first-order valence-corrected chi connectivity index (χ1v) is 5.96. The van der Waals surface area contributed by atoms with Gasteiger partial charge in [0.05, 0.1) is 13.2 Å². The highest BCUT2D eigenvalue weighted by molar-refractivity contribution is 5.25. The van der Waals surface area contributed by atoms with E-state index in [1.54, 1.807) is 5.57 Å². The first-order valence-electron chi connectivity index (χ1n) is 5.96. The van der Waals surface area contributed by atoms with Crippen molar-refractivity contribution in [1.29, 1.82) is 0 Å². The molecule has 0 N–H and O–H groups in total. The Morgan fingerprint density at radius 1 is 1.20 bits per heavy atom. The van der Waals surface area contributed by atoms with Gasteiger partial charge in [0, 0.05) is 12.8 Å².